The maximum absolute atomic E-state index is 12.0. The number of aromatic nitrogens is 1. The zero-order valence-corrected chi connectivity index (χ0v) is 7.84. The standard InChI is InChI=1S/C6H5F3N2O3S/c7-6(8,9)4-1-2-5(11-3-4)14-15(10,12)13/h1-3H,(H2,10,12,13). The molecule has 0 aliphatic rings. The van der Waals surface area contributed by atoms with Gasteiger partial charge in [-0.25, -0.2) is 4.98 Å². The Balaban J connectivity index is 2.91. The van der Waals surface area contributed by atoms with Crippen molar-refractivity contribution in [2.45, 2.75) is 6.18 Å². The van der Waals surface area contributed by atoms with Gasteiger partial charge < -0.3 is 4.18 Å². The van der Waals surface area contributed by atoms with Gasteiger partial charge in [0.25, 0.3) is 0 Å². The van der Waals surface area contributed by atoms with Crippen molar-refractivity contribution in [1.82, 2.24) is 4.98 Å². The summed E-state index contributed by atoms with van der Waals surface area (Å²) in [6.07, 6.45) is -4.09. The molecule has 84 valence electrons. The molecule has 0 amide bonds. The van der Waals surface area contributed by atoms with Crippen LogP contribution < -0.4 is 9.32 Å². The van der Waals surface area contributed by atoms with Gasteiger partial charge in [0.05, 0.1) is 5.56 Å². The molecule has 0 radical (unpaired) electrons. The van der Waals surface area contributed by atoms with E-state index in [0.29, 0.717) is 12.3 Å². The number of hydrogen-bond donors (Lipinski definition) is 1. The third-order valence-electron chi connectivity index (χ3n) is 1.27. The van der Waals surface area contributed by atoms with Crippen LogP contribution in [-0.2, 0) is 16.5 Å². The largest absolute Gasteiger partial charge is 0.417 e. The average molecular weight is 242 g/mol. The smallest absolute Gasteiger partial charge is 0.350 e. The summed E-state index contributed by atoms with van der Waals surface area (Å²) in [6, 6.07) is 1.39. The summed E-state index contributed by atoms with van der Waals surface area (Å²) in [6.45, 7) is 0. The summed E-state index contributed by atoms with van der Waals surface area (Å²) in [7, 11) is -4.27. The van der Waals surface area contributed by atoms with Gasteiger partial charge in [-0.15, -0.1) is 0 Å². The van der Waals surface area contributed by atoms with E-state index in [9.17, 15) is 21.6 Å². The number of alkyl halides is 3. The second kappa shape index (κ2) is 3.66. The normalized spacial score (nSPS) is 12.5. The first kappa shape index (κ1) is 11.7. The topological polar surface area (TPSA) is 82.3 Å². The summed E-state index contributed by atoms with van der Waals surface area (Å²) in [5.74, 6) is -0.523. The average Bonchev–Trinajstić information content (AvgIpc) is 2.00. The van der Waals surface area contributed by atoms with Crippen LogP contribution in [0.1, 0.15) is 5.56 Å². The van der Waals surface area contributed by atoms with Crippen molar-refractivity contribution >= 4 is 10.3 Å². The van der Waals surface area contributed by atoms with Crippen LogP contribution in [-0.4, -0.2) is 13.4 Å². The van der Waals surface area contributed by atoms with E-state index < -0.39 is 27.9 Å². The van der Waals surface area contributed by atoms with E-state index >= 15 is 0 Å². The Labute approximate surface area is 82.9 Å². The molecule has 0 aliphatic carbocycles. The highest BCUT2D eigenvalue weighted by Gasteiger charge is 2.30. The lowest BCUT2D eigenvalue weighted by atomic mass is 10.3. The van der Waals surface area contributed by atoms with E-state index in [1.54, 1.807) is 0 Å². The highest BCUT2D eigenvalue weighted by atomic mass is 32.2. The fourth-order valence-electron chi connectivity index (χ4n) is 0.716. The Morgan fingerprint density at radius 2 is 1.93 bits per heavy atom. The van der Waals surface area contributed by atoms with Gasteiger partial charge in [-0.05, 0) is 6.07 Å². The van der Waals surface area contributed by atoms with Crippen LogP contribution >= 0.6 is 0 Å². The van der Waals surface area contributed by atoms with Crippen molar-refractivity contribution in [3.63, 3.8) is 0 Å². The van der Waals surface area contributed by atoms with Crippen LogP contribution in [0.4, 0.5) is 13.2 Å². The molecule has 9 heteroatoms. The van der Waals surface area contributed by atoms with Crippen molar-refractivity contribution in [1.29, 1.82) is 0 Å². The lowest BCUT2D eigenvalue weighted by molar-refractivity contribution is -0.137. The van der Waals surface area contributed by atoms with Crippen LogP contribution in [0.3, 0.4) is 0 Å². The molecule has 1 rings (SSSR count). The summed E-state index contributed by atoms with van der Waals surface area (Å²) in [5.41, 5.74) is -1.01. The van der Waals surface area contributed by atoms with Crippen molar-refractivity contribution < 1.29 is 25.8 Å². The molecule has 0 aromatic carbocycles. The second-order valence-electron chi connectivity index (χ2n) is 2.46. The van der Waals surface area contributed by atoms with Gasteiger partial charge in [0.2, 0.25) is 5.88 Å². The van der Waals surface area contributed by atoms with E-state index in [0.717, 1.165) is 6.07 Å². The van der Waals surface area contributed by atoms with Gasteiger partial charge in [0.1, 0.15) is 0 Å². The van der Waals surface area contributed by atoms with Crippen LogP contribution in [0.2, 0.25) is 0 Å². The number of rotatable bonds is 2. The molecule has 0 atom stereocenters. The molecule has 1 aromatic heterocycles. The monoisotopic (exact) mass is 242 g/mol. The quantitative estimate of drug-likeness (QED) is 0.826. The van der Waals surface area contributed by atoms with Crippen molar-refractivity contribution in [3.8, 4) is 5.88 Å². The number of nitrogens with two attached hydrogens (primary N) is 1. The fraction of sp³-hybridized carbons (Fsp3) is 0.167. The Morgan fingerprint density at radius 3 is 2.27 bits per heavy atom. The van der Waals surface area contributed by atoms with Gasteiger partial charge >= 0.3 is 16.5 Å². The van der Waals surface area contributed by atoms with Crippen LogP contribution in [0.25, 0.3) is 0 Å². The first-order valence-electron chi connectivity index (χ1n) is 3.44. The number of pyridine rings is 1. The molecule has 0 saturated carbocycles. The Hall–Kier alpha value is -1.35. The predicted molar refractivity (Wildman–Crippen MR) is 43.0 cm³/mol. The number of hydrogen-bond acceptors (Lipinski definition) is 4. The predicted octanol–water partition coefficient (Wildman–Crippen LogP) is 0.683. The molecule has 1 heterocycles. The van der Waals surface area contributed by atoms with E-state index in [1.165, 1.54) is 0 Å². The molecular weight excluding hydrogens is 237 g/mol. The zero-order chi connectivity index (χ0) is 11.7. The van der Waals surface area contributed by atoms with Gasteiger partial charge in [0, 0.05) is 12.3 Å². The molecule has 0 spiro atoms. The first-order valence-corrected chi connectivity index (χ1v) is 4.91. The maximum Gasteiger partial charge on any atom is 0.417 e. The Kier molecular flexibility index (Phi) is 2.86. The minimum atomic E-state index is -4.53. The number of nitrogens with zero attached hydrogens (tertiary/aromatic N) is 1. The fourth-order valence-corrected chi connectivity index (χ4v) is 1.05. The molecule has 0 saturated heterocycles. The molecule has 0 unspecified atom stereocenters. The molecule has 0 fully saturated rings. The third-order valence-corrected chi connectivity index (χ3v) is 1.67. The summed E-state index contributed by atoms with van der Waals surface area (Å²) >= 11 is 0. The molecule has 0 aliphatic heterocycles. The second-order valence-corrected chi connectivity index (χ2v) is 3.61. The minimum absolute atomic E-state index is 0.445. The summed E-state index contributed by atoms with van der Waals surface area (Å²) in [4.78, 5) is 3.13. The first-order chi connectivity index (χ1) is 6.68. The van der Waals surface area contributed by atoms with Crippen LogP contribution in [0.15, 0.2) is 18.3 Å². The van der Waals surface area contributed by atoms with Gasteiger partial charge in [-0.1, -0.05) is 0 Å². The maximum atomic E-state index is 12.0. The minimum Gasteiger partial charge on any atom is -0.350 e. The zero-order valence-electron chi connectivity index (χ0n) is 7.02. The lowest BCUT2D eigenvalue weighted by Crippen LogP contribution is -2.19. The van der Waals surface area contributed by atoms with E-state index in [4.69, 9.17) is 0 Å². The van der Waals surface area contributed by atoms with Gasteiger partial charge in [0.15, 0.2) is 0 Å². The molecule has 5 nitrogen and oxygen atoms in total. The van der Waals surface area contributed by atoms with Crippen LogP contribution in [0, 0.1) is 0 Å². The Bertz CT molecular complexity index is 440. The summed E-state index contributed by atoms with van der Waals surface area (Å²) in [5, 5.41) is 4.48. The van der Waals surface area contributed by atoms with Crippen molar-refractivity contribution in [2.75, 3.05) is 0 Å². The molecule has 0 bridgehead atoms. The lowest BCUT2D eigenvalue weighted by Gasteiger charge is -2.06. The van der Waals surface area contributed by atoms with Crippen molar-refractivity contribution in [3.05, 3.63) is 23.9 Å². The highest BCUT2D eigenvalue weighted by molar-refractivity contribution is 7.84. The highest BCUT2D eigenvalue weighted by Crippen LogP contribution is 2.29. The van der Waals surface area contributed by atoms with Crippen molar-refractivity contribution in [2.24, 2.45) is 5.14 Å². The number of halogens is 3. The Morgan fingerprint density at radius 1 is 1.33 bits per heavy atom. The van der Waals surface area contributed by atoms with Gasteiger partial charge in [-0.2, -0.15) is 26.7 Å². The molecular formula is C6H5F3N2O3S. The third kappa shape index (κ3) is 3.72. The van der Waals surface area contributed by atoms with Crippen LogP contribution in [0.5, 0.6) is 5.88 Å². The molecule has 1 aromatic rings. The van der Waals surface area contributed by atoms with E-state index in [1.807, 2.05) is 0 Å². The van der Waals surface area contributed by atoms with E-state index in [2.05, 4.69) is 14.3 Å². The SMILES string of the molecule is NS(=O)(=O)Oc1ccc(C(F)(F)F)cn1. The molecule has 2 N–H and O–H groups in total. The molecule has 15 heavy (non-hydrogen) atoms. The van der Waals surface area contributed by atoms with E-state index in [-0.39, 0.29) is 0 Å². The van der Waals surface area contributed by atoms with Gasteiger partial charge in [-0.3, -0.25) is 0 Å². The summed E-state index contributed by atoms with van der Waals surface area (Å²) < 4.78 is 60.9.